The van der Waals surface area contributed by atoms with E-state index in [9.17, 15) is 19.2 Å². The molecular weight excluding hydrogens is 568 g/mol. The third-order valence-corrected chi connectivity index (χ3v) is 6.11. The molecule has 0 aliphatic carbocycles. The van der Waals surface area contributed by atoms with Crippen LogP contribution >= 0.6 is 0 Å². The fourth-order valence-corrected chi connectivity index (χ4v) is 4.20. The minimum atomic E-state index is -1.39. The molecule has 1 unspecified atom stereocenters. The van der Waals surface area contributed by atoms with Crippen molar-refractivity contribution in [1.29, 1.82) is 0 Å². The number of alkyl carbamates (subject to hydrolysis) is 1. The second-order valence-corrected chi connectivity index (χ2v) is 12.2. The van der Waals surface area contributed by atoms with Gasteiger partial charge in [0.2, 0.25) is 6.10 Å². The van der Waals surface area contributed by atoms with Gasteiger partial charge in [-0.3, -0.25) is 14.3 Å². The summed E-state index contributed by atoms with van der Waals surface area (Å²) in [6, 6.07) is 13.5. The van der Waals surface area contributed by atoms with E-state index in [4.69, 9.17) is 19.0 Å². The Hall–Kier alpha value is -4.71. The summed E-state index contributed by atoms with van der Waals surface area (Å²) in [7, 11) is 0. The molecule has 1 N–H and O–H groups in total. The van der Waals surface area contributed by atoms with Gasteiger partial charge in [0.25, 0.3) is 11.8 Å². The van der Waals surface area contributed by atoms with E-state index in [0.29, 0.717) is 30.3 Å². The van der Waals surface area contributed by atoms with Crippen molar-refractivity contribution in [2.45, 2.75) is 71.8 Å². The van der Waals surface area contributed by atoms with Crippen LogP contribution in [-0.2, 0) is 25.7 Å². The minimum Gasteiger partial charge on any atom is -0.490 e. The first kappa shape index (κ1) is 32.2. The third kappa shape index (κ3) is 8.66. The van der Waals surface area contributed by atoms with Crippen LogP contribution in [0.3, 0.4) is 0 Å². The van der Waals surface area contributed by atoms with Gasteiger partial charge in [-0.05, 0) is 77.8 Å². The Balaban J connectivity index is 1.34. The van der Waals surface area contributed by atoms with Gasteiger partial charge in [0.15, 0.2) is 0 Å². The summed E-state index contributed by atoms with van der Waals surface area (Å²) in [5.41, 5.74) is 0.785. The number of aromatic nitrogens is 2. The molecule has 12 nitrogen and oxygen atoms in total. The summed E-state index contributed by atoms with van der Waals surface area (Å²) in [4.78, 5) is 56.0. The predicted octanol–water partition coefficient (Wildman–Crippen LogP) is 4.78. The number of hydrogen-bond donors (Lipinski definition) is 1. The minimum absolute atomic E-state index is 0.192. The largest absolute Gasteiger partial charge is 0.490 e. The summed E-state index contributed by atoms with van der Waals surface area (Å²) in [5, 5.41) is 7.70. The SMILES string of the molecule is CC(C)(C)OC(=O)NCCCn1cc(-c2ccc(OCC(ON3C(=O)c4ccccc4C3=O)C(=O)OC(C)(C)C)cc2)cn1. The van der Waals surface area contributed by atoms with Crippen molar-refractivity contribution in [3.8, 4) is 16.9 Å². The maximum atomic E-state index is 13.0. The standard InChI is InChI=1S/C32H38N4O8/c1-31(2,3)42-29(39)26(44-36-27(37)24-10-7-8-11-25(24)28(36)38)20-41-23-14-12-21(13-15-23)22-18-34-35(19-22)17-9-16-33-30(40)43-32(4,5)6/h7-8,10-15,18-19,26H,9,16-17,20H2,1-6H3,(H,33,40). The molecule has 0 bridgehead atoms. The van der Waals surface area contributed by atoms with Gasteiger partial charge in [-0.1, -0.05) is 24.3 Å². The van der Waals surface area contributed by atoms with E-state index in [2.05, 4.69) is 10.4 Å². The summed E-state index contributed by atoms with van der Waals surface area (Å²) in [5.74, 6) is -1.67. The van der Waals surface area contributed by atoms with E-state index in [1.807, 2.05) is 39.1 Å². The van der Waals surface area contributed by atoms with Crippen LogP contribution in [0.5, 0.6) is 5.75 Å². The fourth-order valence-electron chi connectivity index (χ4n) is 4.20. The third-order valence-electron chi connectivity index (χ3n) is 6.11. The van der Waals surface area contributed by atoms with E-state index < -0.39 is 41.2 Å². The number of rotatable bonds is 11. The number of ether oxygens (including phenoxy) is 3. The highest BCUT2D eigenvalue weighted by molar-refractivity contribution is 6.20. The van der Waals surface area contributed by atoms with Crippen LogP contribution in [0.25, 0.3) is 11.1 Å². The Bertz CT molecular complexity index is 1470. The lowest BCUT2D eigenvalue weighted by molar-refractivity contribution is -0.193. The van der Waals surface area contributed by atoms with E-state index in [-0.39, 0.29) is 17.7 Å². The highest BCUT2D eigenvalue weighted by Crippen LogP contribution is 2.26. The Labute approximate surface area is 256 Å². The molecule has 234 valence electrons. The normalized spacial score (nSPS) is 13.8. The van der Waals surface area contributed by atoms with Crippen LogP contribution in [0, 0.1) is 0 Å². The molecule has 4 rings (SSSR count). The number of hydroxylamine groups is 2. The molecule has 0 spiro atoms. The number of nitrogens with one attached hydrogen (secondary N) is 1. The first-order chi connectivity index (χ1) is 20.7. The van der Waals surface area contributed by atoms with E-state index in [1.54, 1.807) is 55.9 Å². The number of carbonyl (C=O) groups is 4. The summed E-state index contributed by atoms with van der Waals surface area (Å²) >= 11 is 0. The fraction of sp³-hybridized carbons (Fsp3) is 0.406. The number of nitrogens with zero attached hydrogens (tertiary/aromatic N) is 3. The van der Waals surface area contributed by atoms with Gasteiger partial charge in [-0.15, -0.1) is 5.06 Å². The first-order valence-electron chi connectivity index (χ1n) is 14.3. The highest BCUT2D eigenvalue weighted by atomic mass is 16.7. The maximum Gasteiger partial charge on any atom is 0.407 e. The number of hydrogen-bond acceptors (Lipinski definition) is 9. The predicted molar refractivity (Wildman–Crippen MR) is 160 cm³/mol. The molecule has 2 heterocycles. The molecule has 0 fully saturated rings. The lowest BCUT2D eigenvalue weighted by Crippen LogP contribution is -2.43. The van der Waals surface area contributed by atoms with Crippen LogP contribution in [0.4, 0.5) is 4.79 Å². The van der Waals surface area contributed by atoms with Crippen molar-refractivity contribution in [3.63, 3.8) is 0 Å². The number of fused-ring (bicyclic) bond motifs is 1. The lowest BCUT2D eigenvalue weighted by atomic mass is 10.1. The van der Waals surface area contributed by atoms with Gasteiger partial charge in [-0.25, -0.2) is 14.4 Å². The van der Waals surface area contributed by atoms with Crippen LogP contribution in [0.1, 0.15) is 68.7 Å². The number of benzene rings is 2. The van der Waals surface area contributed by atoms with Crippen molar-refractivity contribution in [1.82, 2.24) is 20.2 Å². The van der Waals surface area contributed by atoms with Crippen LogP contribution in [0.2, 0.25) is 0 Å². The van der Waals surface area contributed by atoms with E-state index >= 15 is 0 Å². The Morgan fingerprint density at radius 3 is 2.07 bits per heavy atom. The number of esters is 1. The van der Waals surface area contributed by atoms with Crippen LogP contribution in [-0.4, -0.2) is 69.2 Å². The van der Waals surface area contributed by atoms with Gasteiger partial charge in [0.1, 0.15) is 23.6 Å². The van der Waals surface area contributed by atoms with Gasteiger partial charge >= 0.3 is 12.1 Å². The first-order valence-corrected chi connectivity index (χ1v) is 14.3. The van der Waals surface area contributed by atoms with Crippen molar-refractivity contribution in [3.05, 3.63) is 72.1 Å². The number of imide groups is 1. The molecular formula is C32H38N4O8. The van der Waals surface area contributed by atoms with Crippen LogP contribution < -0.4 is 10.1 Å². The van der Waals surface area contributed by atoms with Crippen molar-refractivity contribution in [2.75, 3.05) is 13.2 Å². The van der Waals surface area contributed by atoms with Gasteiger partial charge in [-0.2, -0.15) is 5.10 Å². The molecule has 0 saturated carbocycles. The smallest absolute Gasteiger partial charge is 0.407 e. The average molecular weight is 607 g/mol. The van der Waals surface area contributed by atoms with E-state index in [0.717, 1.165) is 11.1 Å². The van der Waals surface area contributed by atoms with Gasteiger partial charge < -0.3 is 19.5 Å². The molecule has 3 amide bonds. The second-order valence-electron chi connectivity index (χ2n) is 12.2. The van der Waals surface area contributed by atoms with E-state index in [1.165, 1.54) is 12.1 Å². The number of carbonyl (C=O) groups excluding carboxylic acids is 4. The summed E-state index contributed by atoms with van der Waals surface area (Å²) < 4.78 is 18.3. The van der Waals surface area contributed by atoms with Gasteiger partial charge in [0.05, 0.1) is 17.3 Å². The lowest BCUT2D eigenvalue weighted by Gasteiger charge is -2.26. The molecule has 3 aromatic rings. The quantitative estimate of drug-likeness (QED) is 0.186. The van der Waals surface area contributed by atoms with Crippen LogP contribution in [0.15, 0.2) is 60.9 Å². The monoisotopic (exact) mass is 606 g/mol. The van der Waals surface area contributed by atoms with Crippen molar-refractivity contribution < 1.29 is 38.2 Å². The highest BCUT2D eigenvalue weighted by Gasteiger charge is 2.40. The average Bonchev–Trinajstić information content (AvgIpc) is 3.50. The molecule has 1 aromatic heterocycles. The molecule has 0 radical (unpaired) electrons. The summed E-state index contributed by atoms with van der Waals surface area (Å²) in [6.07, 6.45) is 2.48. The Morgan fingerprint density at radius 1 is 0.864 bits per heavy atom. The zero-order valence-electron chi connectivity index (χ0n) is 25.8. The molecule has 1 aliphatic rings. The van der Waals surface area contributed by atoms with Crippen molar-refractivity contribution >= 4 is 23.9 Å². The molecule has 1 atom stereocenters. The van der Waals surface area contributed by atoms with Crippen molar-refractivity contribution in [2.24, 2.45) is 0 Å². The topological polar surface area (TPSA) is 138 Å². The molecule has 12 heteroatoms. The summed E-state index contributed by atoms with van der Waals surface area (Å²) in [6.45, 7) is 11.3. The molecule has 1 aliphatic heterocycles. The Morgan fingerprint density at radius 2 is 1.48 bits per heavy atom. The number of amides is 3. The molecule has 0 saturated heterocycles. The zero-order valence-corrected chi connectivity index (χ0v) is 25.8. The van der Waals surface area contributed by atoms with Gasteiger partial charge in [0, 0.05) is 24.8 Å². The zero-order chi connectivity index (χ0) is 32.1. The second kappa shape index (κ2) is 13.3. The Kier molecular flexibility index (Phi) is 9.73. The maximum absolute atomic E-state index is 13.0. The number of aryl methyl sites for hydroxylation is 1. The molecule has 44 heavy (non-hydrogen) atoms. The molecule has 2 aromatic carbocycles.